The van der Waals surface area contributed by atoms with Gasteiger partial charge in [0.1, 0.15) is 12.6 Å². The Kier molecular flexibility index (Phi) is 43.1. The van der Waals surface area contributed by atoms with Gasteiger partial charge in [-0.15, -0.1) is 0 Å². The van der Waals surface area contributed by atoms with Crippen molar-refractivity contribution in [1.29, 1.82) is 0 Å². The SMILES string of the molecule is C=C(C(C)C)C(C)C.CC(C)C(=O)C(C)C.CC(C)C(O)C(C)C.CC(C)C1(C(C)C)CO1.CC(C)C1(C(C)C)COCO1.CCCOCC.CCCOCC(O)(C(C)C)C(C)C. The molecule has 0 aliphatic carbocycles. The molecule has 0 aromatic heterocycles. The second-order valence-electron chi connectivity index (χ2n) is 21.6. The van der Waals surface area contributed by atoms with E-state index < -0.39 is 5.60 Å². The van der Waals surface area contributed by atoms with Crippen molar-refractivity contribution >= 4 is 5.78 Å². The summed E-state index contributed by atoms with van der Waals surface area (Å²) in [7, 11) is 0. The van der Waals surface area contributed by atoms with E-state index in [1.54, 1.807) is 0 Å². The first-order chi connectivity index (χ1) is 28.7. The highest BCUT2D eigenvalue weighted by molar-refractivity contribution is 5.82. The minimum absolute atomic E-state index is 0.0278. The molecular weight excluding hydrogens is 789 g/mol. The molecule has 2 heterocycles. The molecule has 0 bridgehead atoms. The number of Topliss-reactive ketones (excluding diaryl/α,β-unsaturated/α-hetero) is 1. The zero-order valence-corrected chi connectivity index (χ0v) is 47.4. The third kappa shape index (κ3) is 31.7. The van der Waals surface area contributed by atoms with E-state index in [0.717, 1.165) is 45.9 Å². The number of allylic oxidation sites excluding steroid dienone is 1. The topological polar surface area (TPSA) is 107 Å². The number of rotatable bonds is 19. The largest absolute Gasteiger partial charge is 0.393 e. The van der Waals surface area contributed by atoms with E-state index in [2.05, 4.69) is 104 Å². The molecule has 384 valence electrons. The van der Waals surface area contributed by atoms with E-state index in [0.29, 0.717) is 66.5 Å². The highest BCUT2D eigenvalue weighted by Crippen LogP contribution is 2.41. The van der Waals surface area contributed by atoms with Crippen molar-refractivity contribution in [3.63, 3.8) is 0 Å². The zero-order chi connectivity index (χ0) is 51.1. The van der Waals surface area contributed by atoms with Gasteiger partial charge in [-0.3, -0.25) is 4.79 Å². The molecule has 8 nitrogen and oxygen atoms in total. The molecule has 0 aromatic carbocycles. The van der Waals surface area contributed by atoms with E-state index in [1.807, 2.05) is 90.0 Å². The van der Waals surface area contributed by atoms with E-state index in [1.165, 1.54) is 5.57 Å². The summed E-state index contributed by atoms with van der Waals surface area (Å²) in [5.74, 6) is 5.75. The van der Waals surface area contributed by atoms with E-state index >= 15 is 0 Å². The average molecular weight is 906 g/mol. The maximum atomic E-state index is 10.8. The fourth-order valence-electron chi connectivity index (χ4n) is 6.92. The van der Waals surface area contributed by atoms with Crippen LogP contribution < -0.4 is 0 Å². The van der Waals surface area contributed by atoms with Crippen molar-refractivity contribution in [2.24, 2.45) is 71.0 Å². The van der Waals surface area contributed by atoms with Crippen LogP contribution in [0, 0.1) is 71.0 Å². The van der Waals surface area contributed by atoms with Crippen molar-refractivity contribution in [2.45, 2.75) is 223 Å². The van der Waals surface area contributed by atoms with Gasteiger partial charge in [-0.2, -0.15) is 0 Å². The van der Waals surface area contributed by atoms with Gasteiger partial charge < -0.3 is 33.9 Å². The van der Waals surface area contributed by atoms with E-state index in [4.69, 9.17) is 23.7 Å². The molecule has 63 heavy (non-hydrogen) atoms. The van der Waals surface area contributed by atoms with Gasteiger partial charge in [0.05, 0.1) is 42.7 Å². The van der Waals surface area contributed by atoms with Gasteiger partial charge in [0, 0.05) is 31.7 Å². The summed E-state index contributed by atoms with van der Waals surface area (Å²) in [6.07, 6.45) is 2.01. The van der Waals surface area contributed by atoms with Gasteiger partial charge >= 0.3 is 0 Å². The number of ether oxygens (including phenoxy) is 5. The first kappa shape index (κ1) is 71.1. The van der Waals surface area contributed by atoms with Gasteiger partial charge in [-0.05, 0) is 78.9 Å². The summed E-state index contributed by atoms with van der Waals surface area (Å²) >= 11 is 0. The van der Waals surface area contributed by atoms with Gasteiger partial charge in [0.25, 0.3) is 0 Å². The van der Waals surface area contributed by atoms with Gasteiger partial charge in [0.15, 0.2) is 0 Å². The zero-order valence-electron chi connectivity index (χ0n) is 47.4. The smallest absolute Gasteiger partial charge is 0.147 e. The van der Waals surface area contributed by atoms with Crippen LogP contribution in [0.15, 0.2) is 12.2 Å². The standard InChI is InChI=1S/C11H24O2.C9H18O2.C8H16O.C8H16.C7H16O.C7H14O.C5H12O/c1-6-7-13-8-11(12,9(2)3)10(4)5;1-7(2)9(8(3)4)5-10-6-11-9;1-6(2)8(5-9-8)7(3)4;1-6(2)8(5)7(3)4;2*1-5(2)7(8)6(3)4;1-3-5-6-4-2/h9-10,12H,6-8H2,1-5H3;7-8H,5-6H2,1-4H3;6-7H,5H2,1-4H3;6-7H,5H2,1-4H3;5-8H,1-4H3;5-6H,1-4H3;3-5H2,1-2H3. The molecule has 0 unspecified atom stereocenters. The summed E-state index contributed by atoms with van der Waals surface area (Å²) in [4.78, 5) is 10.8. The first-order valence-electron chi connectivity index (χ1n) is 25.3. The number of aliphatic hydroxyl groups excluding tert-OH is 1. The predicted octanol–water partition coefficient (Wildman–Crippen LogP) is 14.4. The maximum absolute atomic E-state index is 10.8. The van der Waals surface area contributed by atoms with Crippen LogP contribution in [0.5, 0.6) is 0 Å². The summed E-state index contributed by atoms with van der Waals surface area (Å²) in [6, 6.07) is 0. The molecular formula is C55H116O8. The Bertz CT molecular complexity index is 961. The van der Waals surface area contributed by atoms with E-state index in [9.17, 15) is 15.0 Å². The number of epoxide rings is 1. The fraction of sp³-hybridized carbons (Fsp3) is 0.945. The molecule has 0 radical (unpaired) electrons. The van der Waals surface area contributed by atoms with Crippen LogP contribution >= 0.6 is 0 Å². The molecule has 0 aromatic rings. The molecule has 0 amide bonds. The summed E-state index contributed by atoms with van der Waals surface area (Å²) in [5.41, 5.74) is 0.903. The Balaban J connectivity index is -0.000000210. The molecule has 2 aliphatic rings. The van der Waals surface area contributed by atoms with Crippen LogP contribution in [-0.2, 0) is 28.5 Å². The van der Waals surface area contributed by atoms with Crippen LogP contribution in [0.2, 0.25) is 0 Å². The molecule has 2 saturated heterocycles. The maximum Gasteiger partial charge on any atom is 0.147 e. The highest BCUT2D eigenvalue weighted by atomic mass is 16.7. The monoisotopic (exact) mass is 905 g/mol. The number of ketones is 1. The van der Waals surface area contributed by atoms with Crippen molar-refractivity contribution < 1.29 is 38.7 Å². The Morgan fingerprint density at radius 2 is 0.905 bits per heavy atom. The molecule has 2 rings (SSSR count). The lowest BCUT2D eigenvalue weighted by Crippen LogP contribution is -2.45. The van der Waals surface area contributed by atoms with Crippen molar-refractivity contribution in [3.05, 3.63) is 12.2 Å². The number of carbonyl (C=O) groups is 1. The molecule has 2 N–H and O–H groups in total. The van der Waals surface area contributed by atoms with Crippen molar-refractivity contribution in [1.82, 2.24) is 0 Å². The Hall–Kier alpha value is -0.870. The first-order valence-corrected chi connectivity index (χ1v) is 25.3. The van der Waals surface area contributed by atoms with Crippen LogP contribution in [0.25, 0.3) is 0 Å². The van der Waals surface area contributed by atoms with Gasteiger partial charge in [-0.1, -0.05) is 192 Å². The highest BCUT2D eigenvalue weighted by Gasteiger charge is 2.50. The molecule has 2 aliphatic heterocycles. The minimum Gasteiger partial charge on any atom is -0.393 e. The summed E-state index contributed by atoms with van der Waals surface area (Å²) in [5, 5.41) is 19.5. The van der Waals surface area contributed by atoms with Crippen molar-refractivity contribution in [3.8, 4) is 0 Å². The molecule has 2 fully saturated rings. The average Bonchev–Trinajstić information content (AvgIpc) is 3.86. The second-order valence-corrected chi connectivity index (χ2v) is 21.6. The second kappa shape index (κ2) is 38.1. The number of aliphatic hydroxyl groups is 2. The van der Waals surface area contributed by atoms with Crippen LogP contribution in [0.1, 0.15) is 200 Å². The molecule has 0 atom stereocenters. The summed E-state index contributed by atoms with van der Waals surface area (Å²) < 4.78 is 26.7. The predicted molar refractivity (Wildman–Crippen MR) is 274 cm³/mol. The Morgan fingerprint density at radius 1 is 0.571 bits per heavy atom. The van der Waals surface area contributed by atoms with Crippen LogP contribution in [0.4, 0.5) is 0 Å². The number of carbonyl (C=O) groups excluding carboxylic acids is 1. The van der Waals surface area contributed by atoms with Gasteiger partial charge in [-0.25, -0.2) is 0 Å². The number of hydrogen-bond donors (Lipinski definition) is 2. The molecule has 0 spiro atoms. The third-order valence-electron chi connectivity index (χ3n) is 12.3. The van der Waals surface area contributed by atoms with Crippen molar-refractivity contribution in [2.75, 3.05) is 46.4 Å². The lowest BCUT2D eigenvalue weighted by atomic mass is 9.81. The molecule has 0 saturated carbocycles. The van der Waals surface area contributed by atoms with E-state index in [-0.39, 0.29) is 41.0 Å². The van der Waals surface area contributed by atoms with Gasteiger partial charge in [0.2, 0.25) is 0 Å². The number of hydrogen-bond acceptors (Lipinski definition) is 8. The quantitative estimate of drug-likeness (QED) is 0.0750. The lowest BCUT2D eigenvalue weighted by molar-refractivity contribution is -0.124. The Labute approximate surface area is 395 Å². The Morgan fingerprint density at radius 3 is 1.02 bits per heavy atom. The fourth-order valence-corrected chi connectivity index (χ4v) is 6.92. The third-order valence-corrected chi connectivity index (χ3v) is 12.3. The normalized spacial score (nSPS) is 15.2. The summed E-state index contributed by atoms with van der Waals surface area (Å²) in [6.45, 7) is 65.7. The van der Waals surface area contributed by atoms with Crippen LogP contribution in [-0.4, -0.2) is 85.3 Å². The lowest BCUT2D eigenvalue weighted by Gasteiger charge is -2.35. The van der Waals surface area contributed by atoms with Crippen LogP contribution in [0.3, 0.4) is 0 Å². The molecule has 8 heteroatoms. The minimum atomic E-state index is -0.671.